The molecular weight excluding hydrogens is 359 g/mol. The van der Waals surface area contributed by atoms with Crippen molar-refractivity contribution in [3.8, 4) is 11.8 Å². The number of alkyl halides is 3. The molecule has 3 rings (SSSR count). The molecule has 0 heterocycles. The Bertz CT molecular complexity index is 872. The number of halogens is 3. The molecular formula is C16H16F3NO4S. The fraction of sp³-hybridized carbons (Fsp3) is 0.562. The number of nitrogens with zero attached hydrogens (tertiary/aromatic N) is 1. The van der Waals surface area contributed by atoms with Gasteiger partial charge in [0.25, 0.3) is 0 Å². The first-order chi connectivity index (χ1) is 11.4. The maximum Gasteiger partial charge on any atom is 0.312 e. The van der Waals surface area contributed by atoms with E-state index in [2.05, 4.69) is 6.07 Å². The lowest BCUT2D eigenvalue weighted by atomic mass is 9.69. The van der Waals surface area contributed by atoms with E-state index in [0.717, 1.165) is 18.4 Å². The molecule has 1 fully saturated rings. The van der Waals surface area contributed by atoms with Gasteiger partial charge in [0.2, 0.25) is 0 Å². The number of fused-ring (bicyclic) bond motifs is 1. The van der Waals surface area contributed by atoms with E-state index >= 15 is 0 Å². The third-order valence-corrected chi connectivity index (χ3v) is 5.91. The Labute approximate surface area is 142 Å². The first-order valence-electron chi connectivity index (χ1n) is 7.55. The SMILES string of the molecule is CS(=O)(=O)c1ccc(O[C@H]2C[C@](C)(C#N)C2)c2c1[C@H](O)C(F)(F)[C@@H]2F. The van der Waals surface area contributed by atoms with Gasteiger partial charge in [-0.2, -0.15) is 14.0 Å². The van der Waals surface area contributed by atoms with Crippen molar-refractivity contribution in [3.05, 3.63) is 23.3 Å². The molecule has 0 aliphatic heterocycles. The molecule has 0 saturated heterocycles. The van der Waals surface area contributed by atoms with E-state index in [-0.39, 0.29) is 5.75 Å². The van der Waals surface area contributed by atoms with Gasteiger partial charge in [0, 0.05) is 30.2 Å². The molecule has 2 aliphatic rings. The van der Waals surface area contributed by atoms with Crippen LogP contribution in [0.15, 0.2) is 17.0 Å². The molecule has 0 aromatic heterocycles. The minimum atomic E-state index is -4.15. The van der Waals surface area contributed by atoms with Crippen molar-refractivity contribution >= 4 is 9.84 Å². The van der Waals surface area contributed by atoms with Crippen LogP contribution in [0.2, 0.25) is 0 Å². The number of rotatable bonds is 3. The maximum atomic E-state index is 14.3. The molecule has 0 bridgehead atoms. The summed E-state index contributed by atoms with van der Waals surface area (Å²) in [6.07, 6.45) is -4.42. The number of nitriles is 1. The summed E-state index contributed by atoms with van der Waals surface area (Å²) >= 11 is 0. The highest BCUT2D eigenvalue weighted by atomic mass is 32.2. The molecule has 0 spiro atoms. The fourth-order valence-electron chi connectivity index (χ4n) is 3.39. The minimum absolute atomic E-state index is 0.226. The van der Waals surface area contributed by atoms with E-state index in [4.69, 9.17) is 10.00 Å². The van der Waals surface area contributed by atoms with Crippen LogP contribution in [0.4, 0.5) is 13.2 Å². The van der Waals surface area contributed by atoms with E-state index in [1.807, 2.05) is 0 Å². The van der Waals surface area contributed by atoms with Crippen LogP contribution in [0.3, 0.4) is 0 Å². The molecule has 9 heteroatoms. The largest absolute Gasteiger partial charge is 0.490 e. The van der Waals surface area contributed by atoms with Crippen molar-refractivity contribution in [3.63, 3.8) is 0 Å². The predicted octanol–water partition coefficient (Wildman–Crippen LogP) is 2.85. The standard InChI is InChI=1S/C16H16F3NO4S/c1-15(7-20)5-8(6-15)24-9-3-4-10(25(2,22)23)12-11(9)13(17)16(18,19)14(12)21/h3-4,8,13-14,21H,5-6H2,1-2H3/t8-,13-,14+,15-/m1/s1. The summed E-state index contributed by atoms with van der Waals surface area (Å²) in [5.74, 6) is -4.38. The van der Waals surface area contributed by atoms with Crippen molar-refractivity contribution < 1.29 is 31.4 Å². The molecule has 2 atom stereocenters. The van der Waals surface area contributed by atoms with Crippen LogP contribution >= 0.6 is 0 Å². The quantitative estimate of drug-likeness (QED) is 0.878. The molecule has 136 valence electrons. The third-order valence-electron chi connectivity index (χ3n) is 4.76. The second kappa shape index (κ2) is 5.35. The summed E-state index contributed by atoms with van der Waals surface area (Å²) < 4.78 is 71.4. The zero-order chi connectivity index (χ0) is 18.8. The average molecular weight is 375 g/mol. The molecule has 1 aromatic carbocycles. The van der Waals surface area contributed by atoms with Crippen LogP contribution in [0.25, 0.3) is 0 Å². The number of hydrogen-bond acceptors (Lipinski definition) is 5. The van der Waals surface area contributed by atoms with Crippen molar-refractivity contribution in [2.24, 2.45) is 5.41 Å². The Balaban J connectivity index is 2.05. The number of aliphatic hydroxyl groups is 1. The molecule has 1 aromatic rings. The summed E-state index contributed by atoms with van der Waals surface area (Å²) in [6.45, 7) is 1.72. The second-order valence-electron chi connectivity index (χ2n) is 6.92. The predicted molar refractivity (Wildman–Crippen MR) is 80.7 cm³/mol. The van der Waals surface area contributed by atoms with Gasteiger partial charge in [-0.3, -0.25) is 0 Å². The Morgan fingerprint density at radius 3 is 2.44 bits per heavy atom. The maximum absolute atomic E-state index is 14.3. The van der Waals surface area contributed by atoms with Gasteiger partial charge in [-0.1, -0.05) is 0 Å². The summed E-state index contributed by atoms with van der Waals surface area (Å²) in [5.41, 5.74) is -1.87. The minimum Gasteiger partial charge on any atom is -0.490 e. The highest BCUT2D eigenvalue weighted by molar-refractivity contribution is 7.90. The highest BCUT2D eigenvalue weighted by Crippen LogP contribution is 2.57. The van der Waals surface area contributed by atoms with E-state index < -0.39 is 55.6 Å². The smallest absolute Gasteiger partial charge is 0.312 e. The van der Waals surface area contributed by atoms with Crippen LogP contribution in [0, 0.1) is 16.7 Å². The molecule has 0 unspecified atom stereocenters. The first kappa shape index (κ1) is 18.0. The van der Waals surface area contributed by atoms with Gasteiger partial charge in [0.05, 0.1) is 16.4 Å². The van der Waals surface area contributed by atoms with Crippen molar-refractivity contribution in [2.75, 3.05) is 6.26 Å². The number of hydrogen-bond donors (Lipinski definition) is 1. The van der Waals surface area contributed by atoms with Crippen LogP contribution in [0.5, 0.6) is 5.75 Å². The van der Waals surface area contributed by atoms with Gasteiger partial charge in [0.1, 0.15) is 18.0 Å². The lowest BCUT2D eigenvalue weighted by molar-refractivity contribution is -0.144. The van der Waals surface area contributed by atoms with Crippen LogP contribution in [0.1, 0.15) is 43.2 Å². The van der Waals surface area contributed by atoms with Crippen LogP contribution < -0.4 is 4.74 Å². The summed E-state index contributed by atoms with van der Waals surface area (Å²) in [7, 11) is -3.95. The van der Waals surface area contributed by atoms with Crippen molar-refractivity contribution in [1.29, 1.82) is 5.26 Å². The topological polar surface area (TPSA) is 87.4 Å². The van der Waals surface area contributed by atoms with Crippen LogP contribution in [-0.2, 0) is 9.84 Å². The number of sulfone groups is 1. The van der Waals surface area contributed by atoms with Gasteiger partial charge in [0.15, 0.2) is 16.0 Å². The number of ether oxygens (including phenoxy) is 1. The van der Waals surface area contributed by atoms with Crippen molar-refractivity contribution in [2.45, 2.75) is 49.0 Å². The molecule has 5 nitrogen and oxygen atoms in total. The van der Waals surface area contributed by atoms with E-state index in [1.165, 1.54) is 0 Å². The van der Waals surface area contributed by atoms with Gasteiger partial charge in [-0.15, -0.1) is 0 Å². The number of benzene rings is 1. The van der Waals surface area contributed by atoms with E-state index in [9.17, 15) is 26.7 Å². The first-order valence-corrected chi connectivity index (χ1v) is 9.44. The molecule has 0 amide bonds. The number of aliphatic hydroxyl groups excluding tert-OH is 1. The van der Waals surface area contributed by atoms with Crippen molar-refractivity contribution in [1.82, 2.24) is 0 Å². The highest BCUT2D eigenvalue weighted by Gasteiger charge is 2.59. The van der Waals surface area contributed by atoms with Gasteiger partial charge < -0.3 is 9.84 Å². The second-order valence-corrected chi connectivity index (χ2v) is 8.91. The molecule has 0 radical (unpaired) electrons. The Kier molecular flexibility index (Phi) is 3.86. The monoisotopic (exact) mass is 375 g/mol. The van der Waals surface area contributed by atoms with Crippen LogP contribution in [-0.4, -0.2) is 31.8 Å². The molecule has 25 heavy (non-hydrogen) atoms. The third kappa shape index (κ3) is 2.68. The van der Waals surface area contributed by atoms with E-state index in [0.29, 0.717) is 12.8 Å². The zero-order valence-electron chi connectivity index (χ0n) is 13.5. The Morgan fingerprint density at radius 1 is 1.32 bits per heavy atom. The molecule has 2 aliphatic carbocycles. The average Bonchev–Trinajstić information content (AvgIpc) is 2.66. The Hall–Kier alpha value is -1.79. The molecule has 1 N–H and O–H groups in total. The van der Waals surface area contributed by atoms with E-state index in [1.54, 1.807) is 6.92 Å². The summed E-state index contributed by atoms with van der Waals surface area (Å²) in [5, 5.41) is 18.8. The molecule has 1 saturated carbocycles. The lowest BCUT2D eigenvalue weighted by Crippen LogP contribution is -2.41. The Morgan fingerprint density at radius 2 is 1.92 bits per heavy atom. The summed E-state index contributed by atoms with van der Waals surface area (Å²) in [6, 6.07) is 4.26. The fourth-order valence-corrected chi connectivity index (χ4v) is 4.33. The zero-order valence-corrected chi connectivity index (χ0v) is 14.3. The van der Waals surface area contributed by atoms with Gasteiger partial charge in [-0.05, 0) is 19.1 Å². The lowest BCUT2D eigenvalue weighted by Gasteiger charge is -2.39. The summed E-state index contributed by atoms with van der Waals surface area (Å²) in [4.78, 5) is -0.544. The van der Waals surface area contributed by atoms with Gasteiger partial charge >= 0.3 is 5.92 Å². The normalized spacial score (nSPS) is 33.2. The van der Waals surface area contributed by atoms with Gasteiger partial charge in [-0.25, -0.2) is 12.8 Å².